The average molecular weight is 492 g/mol. The molecule has 1 fully saturated rings. The van der Waals surface area contributed by atoms with Crippen molar-refractivity contribution in [3.05, 3.63) is 65.0 Å². The zero-order valence-electron chi connectivity index (χ0n) is 20.7. The highest BCUT2D eigenvalue weighted by Crippen LogP contribution is 2.28. The van der Waals surface area contributed by atoms with E-state index in [1.807, 2.05) is 31.2 Å². The summed E-state index contributed by atoms with van der Waals surface area (Å²) in [5, 5.41) is 11.6. The summed E-state index contributed by atoms with van der Waals surface area (Å²) in [5.74, 6) is 1.20. The summed E-state index contributed by atoms with van der Waals surface area (Å²) in [5.41, 5.74) is 4.75. The Labute approximate surface area is 211 Å². The molecule has 1 aromatic heterocycles. The van der Waals surface area contributed by atoms with Gasteiger partial charge in [-0.2, -0.15) is 0 Å². The molecule has 8 heteroatoms. The van der Waals surface area contributed by atoms with Gasteiger partial charge in [-0.1, -0.05) is 12.1 Å². The van der Waals surface area contributed by atoms with Gasteiger partial charge in [0.25, 0.3) is 0 Å². The van der Waals surface area contributed by atoms with Crippen LogP contribution in [0.2, 0.25) is 0 Å². The number of carboxylic acids is 1. The van der Waals surface area contributed by atoms with E-state index in [0.717, 1.165) is 41.2 Å². The lowest BCUT2D eigenvalue weighted by atomic mass is 10.0. The van der Waals surface area contributed by atoms with Gasteiger partial charge in [0, 0.05) is 43.7 Å². The number of hydrogen-bond donors (Lipinski definition) is 2. The molecular formula is C28H33N3O5. The van der Waals surface area contributed by atoms with Crippen molar-refractivity contribution >= 4 is 18.1 Å². The minimum Gasteiger partial charge on any atom is -0.493 e. The van der Waals surface area contributed by atoms with Crippen molar-refractivity contribution in [2.24, 2.45) is 0 Å². The second-order valence-corrected chi connectivity index (χ2v) is 9.04. The van der Waals surface area contributed by atoms with E-state index in [1.165, 1.54) is 24.9 Å². The highest BCUT2D eigenvalue weighted by molar-refractivity contribution is 5.67. The monoisotopic (exact) mass is 491 g/mol. The van der Waals surface area contributed by atoms with E-state index in [4.69, 9.17) is 19.2 Å². The Morgan fingerprint density at radius 1 is 1.14 bits per heavy atom. The van der Waals surface area contributed by atoms with E-state index >= 15 is 0 Å². The molecule has 0 spiro atoms. The first-order chi connectivity index (χ1) is 17.5. The van der Waals surface area contributed by atoms with Gasteiger partial charge in [-0.25, -0.2) is 4.98 Å². The molecule has 4 rings (SSSR count). The van der Waals surface area contributed by atoms with Crippen molar-refractivity contribution < 1.29 is 23.8 Å². The molecule has 0 radical (unpaired) electrons. The minimum absolute atomic E-state index is 0.0308. The van der Waals surface area contributed by atoms with E-state index in [-0.39, 0.29) is 6.42 Å². The third-order valence-corrected chi connectivity index (χ3v) is 6.48. The standard InChI is InChI=1S/C28H33N3O5/c1-20-26(30-28(36-20)22-6-5-7-24(16-22)31-13-3-2-4-14-31)12-15-35-25-10-8-21(9-11-27(33)34)23(17-25)18-29-19-32/h5-8,10,16-17,19H,2-4,9,11-15,18H2,1H3,(H,29,32)(H,33,34). The molecule has 0 unspecified atom stereocenters. The number of carbonyl (C=O) groups excluding carboxylic acids is 1. The van der Waals surface area contributed by atoms with Crippen molar-refractivity contribution in [2.75, 3.05) is 24.6 Å². The largest absolute Gasteiger partial charge is 0.493 e. The number of carboxylic acid groups (broad SMARTS) is 1. The van der Waals surface area contributed by atoms with Gasteiger partial charge in [-0.05, 0) is 74.1 Å². The Morgan fingerprint density at radius 2 is 1.97 bits per heavy atom. The van der Waals surface area contributed by atoms with Crippen LogP contribution < -0.4 is 15.0 Å². The molecule has 8 nitrogen and oxygen atoms in total. The Kier molecular flexibility index (Phi) is 8.60. The number of aryl methyl sites for hydroxylation is 2. The molecule has 190 valence electrons. The molecule has 0 aliphatic carbocycles. The van der Waals surface area contributed by atoms with E-state index in [2.05, 4.69) is 28.4 Å². The molecule has 36 heavy (non-hydrogen) atoms. The van der Waals surface area contributed by atoms with Crippen molar-refractivity contribution in [3.8, 4) is 17.2 Å². The molecule has 0 saturated carbocycles. The smallest absolute Gasteiger partial charge is 0.303 e. The summed E-state index contributed by atoms with van der Waals surface area (Å²) in [4.78, 5) is 28.8. The van der Waals surface area contributed by atoms with Crippen LogP contribution in [0, 0.1) is 6.92 Å². The summed E-state index contributed by atoms with van der Waals surface area (Å²) in [6.07, 6.45) is 5.39. The van der Waals surface area contributed by atoms with Crippen LogP contribution in [0.25, 0.3) is 11.5 Å². The van der Waals surface area contributed by atoms with Crippen molar-refractivity contribution in [3.63, 3.8) is 0 Å². The SMILES string of the molecule is Cc1oc(-c2cccc(N3CCCCC3)c2)nc1CCOc1ccc(CCC(=O)O)c(CNC=O)c1. The fourth-order valence-corrected chi connectivity index (χ4v) is 4.53. The number of piperidine rings is 1. The minimum atomic E-state index is -0.856. The summed E-state index contributed by atoms with van der Waals surface area (Å²) in [6.45, 7) is 4.82. The number of benzene rings is 2. The Hall–Kier alpha value is -3.81. The normalized spacial score (nSPS) is 13.4. The van der Waals surface area contributed by atoms with Gasteiger partial charge in [-0.15, -0.1) is 0 Å². The number of anilines is 1. The number of nitrogens with one attached hydrogen (secondary N) is 1. The third kappa shape index (κ3) is 6.65. The number of aromatic nitrogens is 1. The van der Waals surface area contributed by atoms with Crippen LogP contribution in [-0.4, -0.2) is 42.2 Å². The zero-order valence-corrected chi connectivity index (χ0v) is 20.7. The second kappa shape index (κ2) is 12.2. The van der Waals surface area contributed by atoms with Gasteiger partial charge >= 0.3 is 5.97 Å². The molecule has 1 aliphatic rings. The lowest BCUT2D eigenvalue weighted by Crippen LogP contribution is -2.29. The molecule has 3 aromatic rings. The molecular weight excluding hydrogens is 458 g/mol. The molecule has 1 amide bonds. The van der Waals surface area contributed by atoms with E-state index < -0.39 is 5.97 Å². The van der Waals surface area contributed by atoms with Crippen LogP contribution >= 0.6 is 0 Å². The van der Waals surface area contributed by atoms with Gasteiger partial charge < -0.3 is 24.5 Å². The topological polar surface area (TPSA) is 105 Å². The van der Waals surface area contributed by atoms with Crippen LogP contribution in [-0.2, 0) is 29.0 Å². The predicted molar refractivity (Wildman–Crippen MR) is 137 cm³/mol. The molecule has 2 aromatic carbocycles. The Balaban J connectivity index is 1.39. The summed E-state index contributed by atoms with van der Waals surface area (Å²) in [7, 11) is 0. The first-order valence-electron chi connectivity index (χ1n) is 12.5. The number of nitrogens with zero attached hydrogens (tertiary/aromatic N) is 2. The fourth-order valence-electron chi connectivity index (χ4n) is 4.53. The molecule has 0 atom stereocenters. The zero-order chi connectivity index (χ0) is 25.3. The van der Waals surface area contributed by atoms with Crippen LogP contribution in [0.3, 0.4) is 0 Å². The maximum absolute atomic E-state index is 10.9. The quantitative estimate of drug-likeness (QED) is 0.359. The second-order valence-electron chi connectivity index (χ2n) is 9.04. The number of oxazole rings is 1. The maximum Gasteiger partial charge on any atom is 0.303 e. The van der Waals surface area contributed by atoms with Crippen molar-refractivity contribution in [2.45, 2.75) is 52.0 Å². The number of rotatable bonds is 12. The van der Waals surface area contributed by atoms with E-state index in [1.54, 1.807) is 0 Å². The van der Waals surface area contributed by atoms with Crippen LogP contribution in [0.15, 0.2) is 46.9 Å². The molecule has 2 heterocycles. The Morgan fingerprint density at radius 3 is 2.75 bits per heavy atom. The van der Waals surface area contributed by atoms with Crippen LogP contribution in [0.1, 0.15) is 48.3 Å². The first-order valence-corrected chi connectivity index (χ1v) is 12.5. The van der Waals surface area contributed by atoms with Gasteiger partial charge in [0.2, 0.25) is 12.3 Å². The first kappa shape index (κ1) is 25.3. The van der Waals surface area contributed by atoms with Gasteiger partial charge in [0.15, 0.2) is 0 Å². The maximum atomic E-state index is 10.9. The molecule has 1 saturated heterocycles. The van der Waals surface area contributed by atoms with Crippen molar-refractivity contribution in [1.82, 2.24) is 10.3 Å². The van der Waals surface area contributed by atoms with E-state index in [0.29, 0.717) is 44.0 Å². The Bertz CT molecular complexity index is 1180. The molecule has 0 bridgehead atoms. The number of carbonyl (C=O) groups is 2. The van der Waals surface area contributed by atoms with Gasteiger partial charge in [0.1, 0.15) is 11.5 Å². The third-order valence-electron chi connectivity index (χ3n) is 6.48. The molecule has 2 N–H and O–H groups in total. The fraction of sp³-hybridized carbons (Fsp3) is 0.393. The number of aliphatic carboxylic acids is 1. The predicted octanol–water partition coefficient (Wildman–Crippen LogP) is 4.53. The highest BCUT2D eigenvalue weighted by Gasteiger charge is 2.15. The summed E-state index contributed by atoms with van der Waals surface area (Å²) < 4.78 is 12.0. The number of hydrogen-bond acceptors (Lipinski definition) is 6. The highest BCUT2D eigenvalue weighted by atomic mass is 16.5. The van der Waals surface area contributed by atoms with Crippen LogP contribution in [0.4, 0.5) is 5.69 Å². The average Bonchev–Trinajstić information content (AvgIpc) is 3.27. The number of amides is 1. The summed E-state index contributed by atoms with van der Waals surface area (Å²) in [6, 6.07) is 13.9. The van der Waals surface area contributed by atoms with E-state index in [9.17, 15) is 9.59 Å². The lowest BCUT2D eigenvalue weighted by molar-refractivity contribution is -0.137. The van der Waals surface area contributed by atoms with Crippen molar-refractivity contribution in [1.29, 1.82) is 0 Å². The summed E-state index contributed by atoms with van der Waals surface area (Å²) >= 11 is 0. The van der Waals surface area contributed by atoms with Crippen LogP contribution in [0.5, 0.6) is 5.75 Å². The molecule has 1 aliphatic heterocycles. The van der Waals surface area contributed by atoms with Gasteiger partial charge in [-0.3, -0.25) is 9.59 Å². The van der Waals surface area contributed by atoms with Gasteiger partial charge in [0.05, 0.1) is 12.3 Å². The number of ether oxygens (including phenoxy) is 1. The lowest BCUT2D eigenvalue weighted by Gasteiger charge is -2.28.